The zero-order valence-electron chi connectivity index (χ0n) is 14.8. The summed E-state index contributed by atoms with van der Waals surface area (Å²) in [6, 6.07) is 0. The Morgan fingerprint density at radius 1 is 0.619 bits per heavy atom. The molecule has 0 fully saturated rings. The second-order valence-electron chi connectivity index (χ2n) is 6.48. The van der Waals surface area contributed by atoms with Gasteiger partial charge in [-0.2, -0.15) is 0 Å². The molecule has 0 saturated carbocycles. The third kappa shape index (κ3) is 17.5. The van der Waals surface area contributed by atoms with Gasteiger partial charge in [0, 0.05) is 6.42 Å². The molecule has 0 atom stereocenters. The summed E-state index contributed by atoms with van der Waals surface area (Å²) < 4.78 is 0. The molecular weight excluding hydrogens is 256 g/mol. The molecule has 0 unspecified atom stereocenters. The molecule has 0 heterocycles. The quantitative estimate of drug-likeness (QED) is 0.228. The van der Waals surface area contributed by atoms with Gasteiger partial charge in [0.1, 0.15) is 0 Å². The highest BCUT2D eigenvalue weighted by molar-refractivity contribution is 4.90. The van der Waals surface area contributed by atoms with Crippen LogP contribution in [0.2, 0.25) is 0 Å². The topological polar surface area (TPSA) is 20.2 Å². The lowest BCUT2D eigenvalue weighted by Gasteiger charge is -2.02. The third-order valence-corrected chi connectivity index (χ3v) is 4.22. The van der Waals surface area contributed by atoms with E-state index >= 15 is 0 Å². The van der Waals surface area contributed by atoms with Gasteiger partial charge >= 0.3 is 0 Å². The molecule has 0 spiro atoms. The molecule has 0 rings (SSSR count). The van der Waals surface area contributed by atoms with Crippen LogP contribution in [0.1, 0.15) is 117 Å². The summed E-state index contributed by atoms with van der Waals surface area (Å²) in [5.74, 6) is 0.633. The number of aliphatic hydroxyl groups excluding tert-OH is 1. The van der Waals surface area contributed by atoms with Gasteiger partial charge in [0.15, 0.2) is 0 Å². The van der Waals surface area contributed by atoms with Gasteiger partial charge < -0.3 is 5.11 Å². The van der Waals surface area contributed by atoms with Crippen molar-refractivity contribution in [3.05, 3.63) is 11.8 Å². The van der Waals surface area contributed by atoms with Crippen LogP contribution >= 0.6 is 0 Å². The van der Waals surface area contributed by atoms with Crippen molar-refractivity contribution < 1.29 is 5.11 Å². The molecule has 1 heteroatoms. The molecule has 0 aliphatic heterocycles. The highest BCUT2D eigenvalue weighted by Gasteiger charge is 1.95. The summed E-state index contributed by atoms with van der Waals surface area (Å²) in [5, 5.41) is 9.81. The summed E-state index contributed by atoms with van der Waals surface area (Å²) >= 11 is 0. The number of aliphatic hydroxyl groups is 1. The summed E-state index contributed by atoms with van der Waals surface area (Å²) in [7, 11) is 0. The van der Waals surface area contributed by atoms with E-state index in [-0.39, 0.29) is 0 Å². The highest BCUT2D eigenvalue weighted by atomic mass is 16.3. The maximum absolute atomic E-state index is 9.81. The van der Waals surface area contributed by atoms with E-state index < -0.39 is 0 Å². The van der Waals surface area contributed by atoms with Crippen LogP contribution in [0.25, 0.3) is 0 Å². The summed E-state index contributed by atoms with van der Waals surface area (Å²) in [4.78, 5) is 0. The predicted molar refractivity (Wildman–Crippen MR) is 95.9 cm³/mol. The van der Waals surface area contributed by atoms with Gasteiger partial charge in [-0.25, -0.2) is 0 Å². The van der Waals surface area contributed by atoms with Crippen molar-refractivity contribution in [2.75, 3.05) is 0 Å². The molecule has 126 valence electrons. The Hall–Kier alpha value is -0.460. The predicted octanol–water partition coefficient (Wildman–Crippen LogP) is 7.71. The van der Waals surface area contributed by atoms with Crippen LogP contribution < -0.4 is 0 Å². The Morgan fingerprint density at radius 2 is 1.05 bits per heavy atom. The van der Waals surface area contributed by atoms with Crippen LogP contribution in [0, 0.1) is 0 Å². The van der Waals surface area contributed by atoms with Crippen molar-refractivity contribution in [1.29, 1.82) is 0 Å². The average Bonchev–Trinajstić information content (AvgIpc) is 2.49. The number of hydrogen-bond acceptors (Lipinski definition) is 1. The Morgan fingerprint density at radius 3 is 1.57 bits per heavy atom. The van der Waals surface area contributed by atoms with Gasteiger partial charge in [-0.15, -0.1) is 0 Å². The van der Waals surface area contributed by atoms with Crippen molar-refractivity contribution in [3.63, 3.8) is 0 Å². The first-order valence-electron chi connectivity index (χ1n) is 9.69. The van der Waals surface area contributed by atoms with E-state index in [1.807, 2.05) is 0 Å². The van der Waals surface area contributed by atoms with E-state index in [0.717, 1.165) is 19.3 Å². The molecule has 0 radical (unpaired) electrons. The molecule has 0 aromatic carbocycles. The third-order valence-electron chi connectivity index (χ3n) is 4.22. The molecule has 0 amide bonds. The van der Waals surface area contributed by atoms with Crippen LogP contribution in [0.5, 0.6) is 0 Å². The first kappa shape index (κ1) is 20.5. The van der Waals surface area contributed by atoms with Gasteiger partial charge in [0.2, 0.25) is 0 Å². The van der Waals surface area contributed by atoms with Crippen molar-refractivity contribution in [2.24, 2.45) is 0 Å². The Labute approximate surface area is 134 Å². The van der Waals surface area contributed by atoms with E-state index in [1.54, 1.807) is 0 Å². The van der Waals surface area contributed by atoms with Gasteiger partial charge in [0.25, 0.3) is 0 Å². The van der Waals surface area contributed by atoms with E-state index in [1.165, 1.54) is 83.5 Å². The molecule has 0 aromatic rings. The smallest absolute Gasteiger partial charge is 0.0882 e. The zero-order chi connectivity index (χ0) is 15.6. The summed E-state index contributed by atoms with van der Waals surface area (Å²) in [6.45, 7) is 4.52. The SMILES string of the molecule is CCCCCCCCCCC=C(O)CCCCCCCC. The Balaban J connectivity index is 3.24. The largest absolute Gasteiger partial charge is 0.513 e. The second kappa shape index (κ2) is 17.6. The molecule has 21 heavy (non-hydrogen) atoms. The minimum Gasteiger partial charge on any atom is -0.513 e. The molecule has 1 N–H and O–H groups in total. The van der Waals surface area contributed by atoms with Gasteiger partial charge in [-0.1, -0.05) is 90.9 Å². The Bertz CT molecular complexity index is 220. The fraction of sp³-hybridized carbons (Fsp3) is 0.900. The van der Waals surface area contributed by atoms with Crippen molar-refractivity contribution in [3.8, 4) is 0 Å². The second-order valence-corrected chi connectivity index (χ2v) is 6.48. The first-order valence-corrected chi connectivity index (χ1v) is 9.69. The Kier molecular flexibility index (Phi) is 17.2. The molecule has 0 aromatic heterocycles. The van der Waals surface area contributed by atoms with Gasteiger partial charge in [-0.05, 0) is 25.3 Å². The van der Waals surface area contributed by atoms with Crippen LogP contribution in [-0.4, -0.2) is 5.11 Å². The first-order chi connectivity index (χ1) is 10.3. The standard InChI is InChI=1S/C20H40O/c1-3-5-7-9-11-12-13-15-17-19-20(21)18-16-14-10-8-6-4-2/h19,21H,3-18H2,1-2H3. The van der Waals surface area contributed by atoms with Crippen LogP contribution in [0.3, 0.4) is 0 Å². The molecule has 1 nitrogen and oxygen atoms in total. The number of rotatable bonds is 16. The van der Waals surface area contributed by atoms with E-state index in [0.29, 0.717) is 5.76 Å². The lowest BCUT2D eigenvalue weighted by Crippen LogP contribution is -1.85. The fourth-order valence-electron chi connectivity index (χ4n) is 2.74. The molecule has 0 bridgehead atoms. The number of allylic oxidation sites excluding steroid dienone is 2. The monoisotopic (exact) mass is 296 g/mol. The zero-order valence-corrected chi connectivity index (χ0v) is 14.8. The lowest BCUT2D eigenvalue weighted by molar-refractivity contribution is 0.376. The molecule has 0 aliphatic carbocycles. The van der Waals surface area contributed by atoms with Crippen LogP contribution in [0.15, 0.2) is 11.8 Å². The van der Waals surface area contributed by atoms with E-state index in [2.05, 4.69) is 19.9 Å². The van der Waals surface area contributed by atoms with Crippen LogP contribution in [0.4, 0.5) is 0 Å². The minimum absolute atomic E-state index is 0.633. The average molecular weight is 297 g/mol. The van der Waals surface area contributed by atoms with E-state index in [9.17, 15) is 5.11 Å². The maximum atomic E-state index is 9.81. The van der Waals surface area contributed by atoms with E-state index in [4.69, 9.17) is 0 Å². The molecular formula is C20H40O. The molecule has 0 aliphatic rings. The fourth-order valence-corrected chi connectivity index (χ4v) is 2.74. The van der Waals surface area contributed by atoms with Crippen molar-refractivity contribution in [2.45, 2.75) is 117 Å². The van der Waals surface area contributed by atoms with Gasteiger partial charge in [-0.3, -0.25) is 0 Å². The van der Waals surface area contributed by atoms with Crippen molar-refractivity contribution in [1.82, 2.24) is 0 Å². The molecule has 0 saturated heterocycles. The number of unbranched alkanes of at least 4 members (excludes halogenated alkanes) is 13. The van der Waals surface area contributed by atoms with Crippen molar-refractivity contribution >= 4 is 0 Å². The van der Waals surface area contributed by atoms with Crippen LogP contribution in [-0.2, 0) is 0 Å². The maximum Gasteiger partial charge on any atom is 0.0882 e. The number of hydrogen-bond donors (Lipinski definition) is 1. The summed E-state index contributed by atoms with van der Waals surface area (Å²) in [5.41, 5.74) is 0. The summed E-state index contributed by atoms with van der Waals surface area (Å²) in [6.07, 6.45) is 22.7. The highest BCUT2D eigenvalue weighted by Crippen LogP contribution is 2.13. The minimum atomic E-state index is 0.633. The lowest BCUT2D eigenvalue weighted by atomic mass is 10.1. The van der Waals surface area contributed by atoms with Gasteiger partial charge in [0.05, 0.1) is 5.76 Å². The normalized spacial score (nSPS) is 12.0.